The Bertz CT molecular complexity index is 788. The summed E-state index contributed by atoms with van der Waals surface area (Å²) in [5.74, 6) is 6.61. The first-order valence-corrected chi connectivity index (χ1v) is 8.49. The van der Waals surface area contributed by atoms with Gasteiger partial charge in [0.2, 0.25) is 0 Å². The number of ketones is 1. The van der Waals surface area contributed by atoms with E-state index in [2.05, 4.69) is 46.5 Å². The summed E-state index contributed by atoms with van der Waals surface area (Å²) in [6.07, 6.45) is 0.462. The maximum Gasteiger partial charge on any atom is 0.164 e. The minimum absolute atomic E-state index is 0.0402. The molecule has 124 valence electrons. The van der Waals surface area contributed by atoms with Crippen LogP contribution in [0.4, 0.5) is 0 Å². The summed E-state index contributed by atoms with van der Waals surface area (Å²) in [4.78, 5) is 12.9. The third kappa shape index (κ3) is 3.77. The molecule has 1 heteroatoms. The SMILES string of the molecule is Cc1c(C)c(C)c(C(=O)CC(C)C#Cc2ccccc2)c(C)c1C. The number of carbonyl (C=O) groups excluding carboxylic acids is 1. The minimum atomic E-state index is 0.0402. The molecule has 2 aromatic rings. The Kier molecular flexibility index (Phi) is 5.62. The second-order valence-electron chi connectivity index (χ2n) is 6.66. The van der Waals surface area contributed by atoms with E-state index in [1.807, 2.05) is 37.3 Å². The molecule has 0 aliphatic rings. The maximum atomic E-state index is 12.9. The zero-order valence-corrected chi connectivity index (χ0v) is 15.6. The van der Waals surface area contributed by atoms with Gasteiger partial charge < -0.3 is 0 Å². The van der Waals surface area contributed by atoms with Crippen molar-refractivity contribution in [2.45, 2.75) is 48.0 Å². The first kappa shape index (κ1) is 18.0. The Morgan fingerprint density at radius 3 is 1.92 bits per heavy atom. The molecule has 0 fully saturated rings. The molecule has 0 aliphatic heterocycles. The van der Waals surface area contributed by atoms with Crippen LogP contribution in [0.5, 0.6) is 0 Å². The van der Waals surface area contributed by atoms with Crippen molar-refractivity contribution in [3.05, 3.63) is 69.3 Å². The van der Waals surface area contributed by atoms with E-state index in [0.717, 1.165) is 22.3 Å². The van der Waals surface area contributed by atoms with Crippen LogP contribution in [0, 0.1) is 52.4 Å². The molecule has 2 rings (SSSR count). The van der Waals surface area contributed by atoms with Crippen molar-refractivity contribution in [3.8, 4) is 11.8 Å². The van der Waals surface area contributed by atoms with E-state index in [-0.39, 0.29) is 11.7 Å². The molecule has 1 atom stereocenters. The molecule has 0 bridgehead atoms. The van der Waals surface area contributed by atoms with Crippen LogP contribution < -0.4 is 0 Å². The summed E-state index contributed by atoms with van der Waals surface area (Å²) in [5.41, 5.74) is 7.86. The molecule has 2 aromatic carbocycles. The average molecular weight is 318 g/mol. The summed E-state index contributed by atoms with van der Waals surface area (Å²) in [7, 11) is 0. The zero-order valence-electron chi connectivity index (χ0n) is 15.6. The smallest absolute Gasteiger partial charge is 0.164 e. The normalized spacial score (nSPS) is 11.6. The molecule has 0 amide bonds. The van der Waals surface area contributed by atoms with Gasteiger partial charge >= 0.3 is 0 Å². The maximum absolute atomic E-state index is 12.9. The quantitative estimate of drug-likeness (QED) is 0.540. The molecule has 1 unspecified atom stereocenters. The number of Topliss-reactive ketones (excluding diaryl/α,β-unsaturated/α-hetero) is 1. The average Bonchev–Trinajstić information content (AvgIpc) is 2.57. The number of rotatable bonds is 3. The van der Waals surface area contributed by atoms with E-state index >= 15 is 0 Å². The molecule has 0 saturated carbocycles. The first-order valence-electron chi connectivity index (χ1n) is 8.49. The van der Waals surface area contributed by atoms with Crippen molar-refractivity contribution in [3.63, 3.8) is 0 Å². The highest BCUT2D eigenvalue weighted by Crippen LogP contribution is 2.27. The summed E-state index contributed by atoms with van der Waals surface area (Å²) < 4.78 is 0. The predicted molar refractivity (Wildman–Crippen MR) is 102 cm³/mol. The second kappa shape index (κ2) is 7.49. The number of hydrogen-bond donors (Lipinski definition) is 0. The van der Waals surface area contributed by atoms with E-state index in [4.69, 9.17) is 0 Å². The fourth-order valence-corrected chi connectivity index (χ4v) is 3.08. The van der Waals surface area contributed by atoms with Gasteiger partial charge in [-0.05, 0) is 74.6 Å². The molecule has 0 aliphatic carbocycles. The van der Waals surface area contributed by atoms with Gasteiger partial charge in [0.05, 0.1) is 0 Å². The fourth-order valence-electron chi connectivity index (χ4n) is 3.08. The van der Waals surface area contributed by atoms with Crippen molar-refractivity contribution < 1.29 is 4.79 Å². The largest absolute Gasteiger partial charge is 0.294 e. The number of benzene rings is 2. The van der Waals surface area contributed by atoms with Crippen LogP contribution in [0.15, 0.2) is 30.3 Å². The number of carbonyl (C=O) groups is 1. The van der Waals surface area contributed by atoms with Crippen LogP contribution in [-0.4, -0.2) is 5.78 Å². The summed E-state index contributed by atoms with van der Waals surface area (Å²) in [6, 6.07) is 9.91. The molecule has 0 spiro atoms. The summed E-state index contributed by atoms with van der Waals surface area (Å²) in [6.45, 7) is 12.5. The highest BCUT2D eigenvalue weighted by Gasteiger charge is 2.19. The van der Waals surface area contributed by atoms with Gasteiger partial charge in [-0.2, -0.15) is 0 Å². The first-order chi connectivity index (χ1) is 11.3. The molecule has 0 radical (unpaired) electrons. The van der Waals surface area contributed by atoms with Crippen LogP contribution in [0.2, 0.25) is 0 Å². The molecule has 0 heterocycles. The monoisotopic (exact) mass is 318 g/mol. The van der Waals surface area contributed by atoms with Crippen LogP contribution in [0.3, 0.4) is 0 Å². The van der Waals surface area contributed by atoms with Crippen LogP contribution >= 0.6 is 0 Å². The highest BCUT2D eigenvalue weighted by molar-refractivity contribution is 6.00. The standard InChI is InChI=1S/C23H26O/c1-15(12-13-21-10-8-7-9-11-21)14-22(24)23-19(5)17(3)16(2)18(4)20(23)6/h7-11,15H,14H2,1-6H3. The Morgan fingerprint density at radius 2 is 1.38 bits per heavy atom. The van der Waals surface area contributed by atoms with Gasteiger partial charge in [0.25, 0.3) is 0 Å². The topological polar surface area (TPSA) is 17.1 Å². The lowest BCUT2D eigenvalue weighted by Crippen LogP contribution is -2.12. The van der Waals surface area contributed by atoms with E-state index in [1.54, 1.807) is 0 Å². The molecular weight excluding hydrogens is 292 g/mol. The van der Waals surface area contributed by atoms with Crippen molar-refractivity contribution in [1.82, 2.24) is 0 Å². The Hall–Kier alpha value is -2.33. The van der Waals surface area contributed by atoms with Crippen molar-refractivity contribution in [1.29, 1.82) is 0 Å². The highest BCUT2D eigenvalue weighted by atomic mass is 16.1. The van der Waals surface area contributed by atoms with E-state index < -0.39 is 0 Å². The van der Waals surface area contributed by atoms with Crippen molar-refractivity contribution in [2.24, 2.45) is 5.92 Å². The van der Waals surface area contributed by atoms with Gasteiger partial charge in [-0.1, -0.05) is 37.0 Å². The van der Waals surface area contributed by atoms with Gasteiger partial charge in [-0.25, -0.2) is 0 Å². The van der Waals surface area contributed by atoms with Gasteiger partial charge in [-0.15, -0.1) is 0 Å². The van der Waals surface area contributed by atoms with Crippen LogP contribution in [0.1, 0.15) is 57.1 Å². The van der Waals surface area contributed by atoms with Crippen molar-refractivity contribution >= 4 is 5.78 Å². The van der Waals surface area contributed by atoms with Gasteiger partial charge in [-0.3, -0.25) is 4.79 Å². The minimum Gasteiger partial charge on any atom is -0.294 e. The van der Waals surface area contributed by atoms with E-state index in [0.29, 0.717) is 6.42 Å². The lowest BCUT2D eigenvalue weighted by Gasteiger charge is -2.18. The lowest BCUT2D eigenvalue weighted by molar-refractivity contribution is 0.0971. The number of hydrogen-bond acceptors (Lipinski definition) is 1. The molecule has 1 nitrogen and oxygen atoms in total. The molecular formula is C23H26O. The third-order valence-corrected chi connectivity index (χ3v) is 5.01. The predicted octanol–water partition coefficient (Wildman–Crippen LogP) is 5.49. The summed E-state index contributed by atoms with van der Waals surface area (Å²) in [5, 5.41) is 0. The lowest BCUT2D eigenvalue weighted by atomic mass is 9.86. The van der Waals surface area contributed by atoms with Gasteiger partial charge in [0.15, 0.2) is 5.78 Å². The van der Waals surface area contributed by atoms with Crippen molar-refractivity contribution in [2.75, 3.05) is 0 Å². The fraction of sp³-hybridized carbons (Fsp3) is 0.348. The Balaban J connectivity index is 2.23. The molecule has 0 aromatic heterocycles. The van der Waals surface area contributed by atoms with Crippen LogP contribution in [-0.2, 0) is 0 Å². The molecule has 0 N–H and O–H groups in total. The zero-order chi connectivity index (χ0) is 17.9. The molecule has 0 saturated heterocycles. The Morgan fingerprint density at radius 1 is 0.875 bits per heavy atom. The molecule has 24 heavy (non-hydrogen) atoms. The second-order valence-corrected chi connectivity index (χ2v) is 6.66. The van der Waals surface area contributed by atoms with Gasteiger partial charge in [0.1, 0.15) is 0 Å². The Labute approximate surface area is 146 Å². The van der Waals surface area contributed by atoms with E-state index in [1.165, 1.54) is 16.7 Å². The van der Waals surface area contributed by atoms with E-state index in [9.17, 15) is 4.79 Å². The summed E-state index contributed by atoms with van der Waals surface area (Å²) >= 11 is 0. The third-order valence-electron chi connectivity index (χ3n) is 5.01. The van der Waals surface area contributed by atoms with Crippen LogP contribution in [0.25, 0.3) is 0 Å². The van der Waals surface area contributed by atoms with Gasteiger partial charge in [0, 0.05) is 23.5 Å².